The van der Waals surface area contributed by atoms with Crippen LogP contribution in [0.3, 0.4) is 0 Å². The van der Waals surface area contributed by atoms with E-state index in [9.17, 15) is 9.90 Å². The molecule has 0 radical (unpaired) electrons. The van der Waals surface area contributed by atoms with E-state index >= 15 is 0 Å². The Hall–Kier alpha value is -0.490. The third-order valence-electron chi connectivity index (χ3n) is 3.38. The summed E-state index contributed by atoms with van der Waals surface area (Å²) in [6.45, 7) is 1.98. The predicted molar refractivity (Wildman–Crippen MR) is 68.6 cm³/mol. The maximum atomic E-state index is 11.2. The molecule has 1 saturated carbocycles. The average Bonchev–Trinajstić information content (AvgIpc) is 2.35. The van der Waals surface area contributed by atoms with Gasteiger partial charge < -0.3 is 19.5 Å². The number of nitrogens with zero attached hydrogens (tertiary/aromatic N) is 1. The number of carbonyl (C=O) groups excluding carboxylic acids is 1. The van der Waals surface area contributed by atoms with Crippen molar-refractivity contribution in [3.05, 3.63) is 0 Å². The number of rotatable bonds is 8. The highest BCUT2D eigenvalue weighted by Crippen LogP contribution is 2.19. The number of ether oxygens (including phenoxy) is 2. The maximum Gasteiger partial charge on any atom is 0.133 e. The molecule has 18 heavy (non-hydrogen) atoms. The average molecular weight is 259 g/mol. The molecule has 5 nitrogen and oxygen atoms in total. The van der Waals surface area contributed by atoms with E-state index in [-0.39, 0.29) is 0 Å². The number of carbonyl (C=O) groups is 1. The Bertz CT molecular complexity index is 237. The van der Waals surface area contributed by atoms with E-state index in [0.717, 1.165) is 12.8 Å². The van der Waals surface area contributed by atoms with Gasteiger partial charge in [-0.15, -0.1) is 0 Å². The number of aliphatic hydroxyl groups is 1. The number of aliphatic hydroxyl groups excluding tert-OH is 1. The Morgan fingerprint density at radius 1 is 1.39 bits per heavy atom. The zero-order chi connectivity index (χ0) is 13.4. The molecule has 1 aliphatic carbocycles. The van der Waals surface area contributed by atoms with Crippen LogP contribution in [0.2, 0.25) is 0 Å². The number of hydrogen-bond acceptors (Lipinski definition) is 5. The molecule has 1 unspecified atom stereocenters. The fourth-order valence-electron chi connectivity index (χ4n) is 2.26. The van der Waals surface area contributed by atoms with E-state index in [1.807, 2.05) is 7.05 Å². The minimum atomic E-state index is -0.482. The van der Waals surface area contributed by atoms with E-state index in [2.05, 4.69) is 4.90 Å². The summed E-state index contributed by atoms with van der Waals surface area (Å²) in [7, 11) is 3.62. The fraction of sp³-hybridized carbons (Fsp3) is 0.923. The second-order valence-corrected chi connectivity index (χ2v) is 4.93. The van der Waals surface area contributed by atoms with E-state index in [0.29, 0.717) is 51.0 Å². The highest BCUT2D eigenvalue weighted by Gasteiger charge is 2.23. The van der Waals surface area contributed by atoms with Crippen molar-refractivity contribution in [3.63, 3.8) is 0 Å². The normalized spacial score (nSPS) is 19.4. The Kier molecular flexibility index (Phi) is 7.42. The molecule has 1 N–H and O–H groups in total. The van der Waals surface area contributed by atoms with E-state index in [1.165, 1.54) is 0 Å². The minimum Gasteiger partial charge on any atom is -0.389 e. The first kappa shape index (κ1) is 15.6. The maximum absolute atomic E-state index is 11.2. The lowest BCUT2D eigenvalue weighted by molar-refractivity contribution is -0.121. The first-order valence-corrected chi connectivity index (χ1v) is 6.60. The molecule has 5 heteroatoms. The van der Waals surface area contributed by atoms with Crippen molar-refractivity contribution < 1.29 is 19.4 Å². The number of hydrogen-bond donors (Lipinski definition) is 1. The SMILES string of the molecule is COCCOCC(O)CN(C)C1CCC(=O)CC1. The number of methoxy groups -OCH3 is 1. The minimum absolute atomic E-state index is 0.333. The number of ketones is 1. The second kappa shape index (κ2) is 8.58. The summed E-state index contributed by atoms with van der Waals surface area (Å²) >= 11 is 0. The molecule has 1 rings (SSSR count). The van der Waals surface area contributed by atoms with Gasteiger partial charge in [0, 0.05) is 32.5 Å². The molecule has 0 aliphatic heterocycles. The van der Waals surface area contributed by atoms with Gasteiger partial charge in [-0.1, -0.05) is 0 Å². The topological polar surface area (TPSA) is 59.0 Å². The van der Waals surface area contributed by atoms with E-state index < -0.39 is 6.10 Å². The van der Waals surface area contributed by atoms with Crippen LogP contribution in [0.15, 0.2) is 0 Å². The number of likely N-dealkylation sites (N-methyl/N-ethyl adjacent to an activating group) is 1. The summed E-state index contributed by atoms with van der Waals surface area (Å²) < 4.78 is 10.1. The lowest BCUT2D eigenvalue weighted by Gasteiger charge is -2.32. The van der Waals surface area contributed by atoms with Crippen molar-refractivity contribution in [2.75, 3.05) is 40.5 Å². The standard InChI is InChI=1S/C13H25NO4/c1-14(11-3-5-12(15)6-4-11)9-13(16)10-18-8-7-17-2/h11,13,16H,3-10H2,1-2H3. The largest absolute Gasteiger partial charge is 0.389 e. The van der Waals surface area contributed by atoms with Crippen LogP contribution in [0.1, 0.15) is 25.7 Å². The predicted octanol–water partition coefficient (Wildman–Crippen LogP) is 0.454. The van der Waals surface area contributed by atoms with Gasteiger partial charge in [0.05, 0.1) is 25.9 Å². The van der Waals surface area contributed by atoms with Gasteiger partial charge in [-0.3, -0.25) is 4.79 Å². The Balaban J connectivity index is 2.14. The Morgan fingerprint density at radius 2 is 2.06 bits per heavy atom. The molecule has 0 aromatic rings. The third kappa shape index (κ3) is 5.91. The van der Waals surface area contributed by atoms with Gasteiger partial charge in [-0.2, -0.15) is 0 Å². The molecule has 0 aromatic carbocycles. The molecular formula is C13H25NO4. The van der Waals surface area contributed by atoms with E-state index in [4.69, 9.17) is 9.47 Å². The summed E-state index contributed by atoms with van der Waals surface area (Å²) in [5.74, 6) is 0.364. The molecule has 106 valence electrons. The second-order valence-electron chi connectivity index (χ2n) is 4.93. The van der Waals surface area contributed by atoms with Gasteiger partial charge in [-0.05, 0) is 19.9 Å². The first-order valence-electron chi connectivity index (χ1n) is 6.60. The number of Topliss-reactive ketones (excluding diaryl/α,β-unsaturated/α-hetero) is 1. The van der Waals surface area contributed by atoms with Crippen molar-refractivity contribution in [2.45, 2.75) is 37.8 Å². The summed E-state index contributed by atoms with van der Waals surface area (Å²) in [6, 6.07) is 0.413. The fourth-order valence-corrected chi connectivity index (χ4v) is 2.26. The first-order chi connectivity index (χ1) is 8.63. The third-order valence-corrected chi connectivity index (χ3v) is 3.38. The van der Waals surface area contributed by atoms with Crippen LogP contribution in [0.5, 0.6) is 0 Å². The van der Waals surface area contributed by atoms with Crippen molar-refractivity contribution in [3.8, 4) is 0 Å². The van der Waals surface area contributed by atoms with Gasteiger partial charge in [0.1, 0.15) is 5.78 Å². The van der Waals surface area contributed by atoms with Gasteiger partial charge in [0.2, 0.25) is 0 Å². The van der Waals surface area contributed by atoms with Gasteiger partial charge >= 0.3 is 0 Å². The van der Waals surface area contributed by atoms with Crippen LogP contribution in [-0.2, 0) is 14.3 Å². The van der Waals surface area contributed by atoms with Crippen molar-refractivity contribution >= 4 is 5.78 Å². The van der Waals surface area contributed by atoms with Crippen molar-refractivity contribution in [2.24, 2.45) is 0 Å². The highest BCUT2D eigenvalue weighted by molar-refractivity contribution is 5.79. The highest BCUT2D eigenvalue weighted by atomic mass is 16.5. The zero-order valence-corrected chi connectivity index (χ0v) is 11.4. The molecule has 0 amide bonds. The molecule has 0 aromatic heterocycles. The molecule has 0 heterocycles. The van der Waals surface area contributed by atoms with Crippen LogP contribution in [-0.4, -0.2) is 68.5 Å². The van der Waals surface area contributed by atoms with Crippen molar-refractivity contribution in [1.82, 2.24) is 4.90 Å². The molecule has 1 fully saturated rings. The van der Waals surface area contributed by atoms with Crippen LogP contribution < -0.4 is 0 Å². The van der Waals surface area contributed by atoms with Gasteiger partial charge in [0.25, 0.3) is 0 Å². The molecular weight excluding hydrogens is 234 g/mol. The Morgan fingerprint density at radius 3 is 2.67 bits per heavy atom. The smallest absolute Gasteiger partial charge is 0.133 e. The van der Waals surface area contributed by atoms with Crippen LogP contribution in [0.25, 0.3) is 0 Å². The summed E-state index contributed by atoms with van der Waals surface area (Å²) in [5.41, 5.74) is 0. The van der Waals surface area contributed by atoms with Crippen LogP contribution in [0.4, 0.5) is 0 Å². The van der Waals surface area contributed by atoms with E-state index in [1.54, 1.807) is 7.11 Å². The molecule has 0 bridgehead atoms. The van der Waals surface area contributed by atoms with Gasteiger partial charge in [-0.25, -0.2) is 0 Å². The summed E-state index contributed by atoms with van der Waals surface area (Å²) in [6.07, 6.45) is 2.69. The summed E-state index contributed by atoms with van der Waals surface area (Å²) in [4.78, 5) is 13.3. The zero-order valence-electron chi connectivity index (χ0n) is 11.4. The molecule has 0 spiro atoms. The van der Waals surface area contributed by atoms with Crippen LogP contribution in [0, 0.1) is 0 Å². The molecule has 1 aliphatic rings. The lowest BCUT2D eigenvalue weighted by atomic mass is 9.93. The van der Waals surface area contributed by atoms with Crippen LogP contribution >= 0.6 is 0 Å². The lowest BCUT2D eigenvalue weighted by Crippen LogP contribution is -2.41. The molecule has 1 atom stereocenters. The monoisotopic (exact) mass is 259 g/mol. The summed E-state index contributed by atoms with van der Waals surface area (Å²) in [5, 5.41) is 9.83. The quantitative estimate of drug-likeness (QED) is 0.642. The van der Waals surface area contributed by atoms with Gasteiger partial charge in [0.15, 0.2) is 0 Å². The molecule has 0 saturated heterocycles. The Labute approximate surface area is 109 Å². The van der Waals surface area contributed by atoms with Crippen molar-refractivity contribution in [1.29, 1.82) is 0 Å².